The van der Waals surface area contributed by atoms with Crippen molar-refractivity contribution in [1.29, 1.82) is 0 Å². The number of anilines is 1. The number of nitrogens with zero attached hydrogens (tertiary/aromatic N) is 1. The molecule has 0 aliphatic carbocycles. The molecule has 8 heteroatoms. The molecule has 28 heavy (non-hydrogen) atoms. The van der Waals surface area contributed by atoms with Crippen LogP contribution in [-0.4, -0.2) is 48.5 Å². The molecule has 0 aromatic heterocycles. The van der Waals surface area contributed by atoms with Crippen LogP contribution in [0.4, 0.5) is 19.7 Å². The van der Waals surface area contributed by atoms with Gasteiger partial charge < -0.3 is 14.8 Å². The van der Waals surface area contributed by atoms with Crippen molar-refractivity contribution >= 4 is 29.6 Å². The molecular weight excluding hydrogens is 383 g/mol. The van der Waals surface area contributed by atoms with Crippen molar-refractivity contribution in [3.63, 3.8) is 0 Å². The van der Waals surface area contributed by atoms with E-state index in [1.54, 1.807) is 32.9 Å². The fourth-order valence-corrected chi connectivity index (χ4v) is 4.48. The molecule has 2 aliphatic heterocycles. The average molecular weight is 411 g/mol. The van der Waals surface area contributed by atoms with Crippen molar-refractivity contribution in [1.82, 2.24) is 5.32 Å². The second-order valence-electron chi connectivity index (χ2n) is 8.09. The zero-order valence-electron chi connectivity index (χ0n) is 16.5. The van der Waals surface area contributed by atoms with E-state index in [4.69, 9.17) is 9.47 Å². The van der Waals surface area contributed by atoms with Crippen molar-refractivity contribution in [2.45, 2.75) is 51.2 Å². The molecule has 2 aliphatic rings. The van der Waals surface area contributed by atoms with Gasteiger partial charge in [-0.15, -0.1) is 0 Å². The van der Waals surface area contributed by atoms with Crippen LogP contribution in [0.25, 0.3) is 0 Å². The summed E-state index contributed by atoms with van der Waals surface area (Å²) in [6.07, 6.45) is 0.328. The molecule has 2 saturated heterocycles. The van der Waals surface area contributed by atoms with E-state index in [1.807, 2.05) is 11.8 Å². The summed E-state index contributed by atoms with van der Waals surface area (Å²) in [5.41, 5.74) is 0.592. The first-order chi connectivity index (χ1) is 13.2. The number of alkyl carbamates (subject to hydrolysis) is 1. The number of thioether (sulfide) groups is 1. The van der Waals surface area contributed by atoms with Crippen LogP contribution in [0.15, 0.2) is 18.2 Å². The van der Waals surface area contributed by atoms with Gasteiger partial charge in [0.2, 0.25) is 0 Å². The molecule has 2 heterocycles. The Morgan fingerprint density at radius 2 is 2.07 bits per heavy atom. The highest BCUT2D eigenvalue weighted by atomic mass is 32.2. The lowest BCUT2D eigenvalue weighted by Crippen LogP contribution is -2.38. The third kappa shape index (κ3) is 5.31. The van der Waals surface area contributed by atoms with E-state index in [0.29, 0.717) is 5.69 Å². The molecular formula is C20H27FN2O4S. The second kappa shape index (κ2) is 8.59. The Morgan fingerprint density at radius 3 is 2.71 bits per heavy atom. The van der Waals surface area contributed by atoms with E-state index in [1.165, 1.54) is 11.0 Å². The first-order valence-corrected chi connectivity index (χ1v) is 10.7. The molecule has 0 bridgehead atoms. The number of carbonyl (C=O) groups is 2. The Labute approximate surface area is 169 Å². The molecule has 0 spiro atoms. The van der Waals surface area contributed by atoms with Gasteiger partial charge in [-0.1, -0.05) is 6.07 Å². The third-order valence-corrected chi connectivity index (χ3v) is 5.75. The number of benzene rings is 1. The maximum Gasteiger partial charge on any atom is 0.414 e. The topological polar surface area (TPSA) is 67.9 Å². The van der Waals surface area contributed by atoms with Gasteiger partial charge in [-0.25, -0.2) is 14.0 Å². The lowest BCUT2D eigenvalue weighted by Gasteiger charge is -2.23. The predicted octanol–water partition coefficient (Wildman–Crippen LogP) is 4.29. The van der Waals surface area contributed by atoms with Gasteiger partial charge in [0.15, 0.2) is 0 Å². The number of halogens is 1. The molecule has 2 amide bonds. The van der Waals surface area contributed by atoms with Gasteiger partial charge in [-0.2, -0.15) is 11.8 Å². The molecule has 1 unspecified atom stereocenters. The van der Waals surface area contributed by atoms with Gasteiger partial charge in [-0.3, -0.25) is 4.90 Å². The highest BCUT2D eigenvalue weighted by Gasteiger charge is 2.33. The number of cyclic esters (lactones) is 1. The zero-order valence-corrected chi connectivity index (χ0v) is 17.3. The Hall–Kier alpha value is -1.96. The molecule has 154 valence electrons. The number of rotatable bonds is 4. The van der Waals surface area contributed by atoms with Crippen molar-refractivity contribution in [2.75, 3.05) is 29.5 Å². The summed E-state index contributed by atoms with van der Waals surface area (Å²) in [4.78, 5) is 25.3. The third-order valence-electron chi connectivity index (χ3n) is 4.70. The lowest BCUT2D eigenvalue weighted by molar-refractivity contribution is 0.0496. The van der Waals surface area contributed by atoms with Crippen LogP contribution in [0.5, 0.6) is 0 Å². The van der Waals surface area contributed by atoms with Gasteiger partial charge >= 0.3 is 12.2 Å². The number of nitrogens with one attached hydrogen (secondary N) is 1. The fourth-order valence-electron chi connectivity index (χ4n) is 3.37. The molecule has 1 N–H and O–H groups in total. The van der Waals surface area contributed by atoms with Crippen LogP contribution in [0.1, 0.15) is 45.1 Å². The van der Waals surface area contributed by atoms with Gasteiger partial charge in [0.1, 0.15) is 17.5 Å². The average Bonchev–Trinajstić information content (AvgIpc) is 3.00. The minimum Gasteiger partial charge on any atom is -0.444 e. The first kappa shape index (κ1) is 20.8. The number of hydrogen-bond donors (Lipinski definition) is 1. The maximum atomic E-state index is 14.7. The second-order valence-corrected chi connectivity index (χ2v) is 9.32. The van der Waals surface area contributed by atoms with Crippen molar-refractivity contribution in [3.05, 3.63) is 29.6 Å². The van der Waals surface area contributed by atoms with E-state index in [9.17, 15) is 14.0 Å². The minimum absolute atomic E-state index is 0.136. The normalized spacial score (nSPS) is 20.8. The standard InChI is InChI=1S/C20H27FN2O4S/c1-20(2,3)27-18(24)22-11-15-12-23(19(25)26-15)14-4-5-16(17(21)10-14)13-6-8-28-9-7-13/h4-5,10,13,15H,6-9,11-12H2,1-3H3,(H,22,24). The summed E-state index contributed by atoms with van der Waals surface area (Å²) in [5.74, 6) is 2.07. The number of amides is 2. The number of carbonyl (C=O) groups excluding carboxylic acids is 2. The molecule has 1 atom stereocenters. The fraction of sp³-hybridized carbons (Fsp3) is 0.600. The van der Waals surface area contributed by atoms with Crippen LogP contribution in [-0.2, 0) is 9.47 Å². The molecule has 0 saturated carbocycles. The highest BCUT2D eigenvalue weighted by molar-refractivity contribution is 7.99. The Kier molecular flexibility index (Phi) is 6.37. The SMILES string of the molecule is CC(C)(C)OC(=O)NCC1CN(c2ccc(C3CCSCC3)c(F)c2)C(=O)O1. The maximum absolute atomic E-state index is 14.7. The molecule has 6 nitrogen and oxygen atoms in total. The van der Waals surface area contributed by atoms with E-state index < -0.39 is 23.9 Å². The summed E-state index contributed by atoms with van der Waals surface area (Å²) in [7, 11) is 0. The summed E-state index contributed by atoms with van der Waals surface area (Å²) < 4.78 is 25.1. The van der Waals surface area contributed by atoms with Crippen molar-refractivity contribution in [2.24, 2.45) is 0 Å². The van der Waals surface area contributed by atoms with Crippen molar-refractivity contribution < 1.29 is 23.5 Å². The smallest absolute Gasteiger partial charge is 0.414 e. The molecule has 1 aromatic rings. The Balaban J connectivity index is 1.59. The monoisotopic (exact) mass is 410 g/mol. The largest absolute Gasteiger partial charge is 0.444 e. The zero-order chi connectivity index (χ0) is 20.3. The van der Waals surface area contributed by atoms with E-state index >= 15 is 0 Å². The van der Waals surface area contributed by atoms with E-state index in [0.717, 1.165) is 29.9 Å². The van der Waals surface area contributed by atoms with Crippen LogP contribution in [0.3, 0.4) is 0 Å². The minimum atomic E-state index is -0.598. The Morgan fingerprint density at radius 1 is 1.36 bits per heavy atom. The highest BCUT2D eigenvalue weighted by Crippen LogP contribution is 2.34. The van der Waals surface area contributed by atoms with Gasteiger partial charge in [0.25, 0.3) is 0 Å². The van der Waals surface area contributed by atoms with Crippen LogP contribution >= 0.6 is 11.8 Å². The van der Waals surface area contributed by atoms with E-state index in [2.05, 4.69) is 5.32 Å². The summed E-state index contributed by atoms with van der Waals surface area (Å²) in [6.45, 7) is 5.70. The molecule has 1 aromatic carbocycles. The van der Waals surface area contributed by atoms with Crippen LogP contribution in [0.2, 0.25) is 0 Å². The molecule has 3 rings (SSSR count). The van der Waals surface area contributed by atoms with Gasteiger partial charge in [0, 0.05) is 0 Å². The van der Waals surface area contributed by atoms with Crippen LogP contribution in [0, 0.1) is 5.82 Å². The van der Waals surface area contributed by atoms with Crippen LogP contribution < -0.4 is 10.2 Å². The lowest BCUT2D eigenvalue weighted by atomic mass is 9.93. The molecule has 2 fully saturated rings. The molecule has 0 radical (unpaired) electrons. The summed E-state index contributed by atoms with van der Waals surface area (Å²) in [6, 6.07) is 4.96. The van der Waals surface area contributed by atoms with E-state index in [-0.39, 0.29) is 24.8 Å². The first-order valence-electron chi connectivity index (χ1n) is 9.55. The van der Waals surface area contributed by atoms with Gasteiger partial charge in [-0.05, 0) is 68.7 Å². The predicted molar refractivity (Wildman–Crippen MR) is 108 cm³/mol. The summed E-state index contributed by atoms with van der Waals surface area (Å²) in [5, 5.41) is 2.60. The Bertz CT molecular complexity index is 731. The van der Waals surface area contributed by atoms with Gasteiger partial charge in [0.05, 0.1) is 18.8 Å². The quantitative estimate of drug-likeness (QED) is 0.802. The van der Waals surface area contributed by atoms with Crippen molar-refractivity contribution in [3.8, 4) is 0 Å². The number of hydrogen-bond acceptors (Lipinski definition) is 5. The summed E-state index contributed by atoms with van der Waals surface area (Å²) >= 11 is 1.90. The number of ether oxygens (including phenoxy) is 2.